The highest BCUT2D eigenvalue weighted by Crippen LogP contribution is 2.27. The summed E-state index contributed by atoms with van der Waals surface area (Å²) in [6, 6.07) is 14.4. The van der Waals surface area contributed by atoms with Gasteiger partial charge in [-0.05, 0) is 30.3 Å². The lowest BCUT2D eigenvalue weighted by atomic mass is 10.2. The molecule has 1 amide bonds. The van der Waals surface area contributed by atoms with E-state index in [4.69, 9.17) is 11.2 Å². The minimum absolute atomic E-state index is 0.185. The van der Waals surface area contributed by atoms with Crippen molar-refractivity contribution in [1.82, 2.24) is 5.32 Å². The van der Waals surface area contributed by atoms with E-state index in [-0.39, 0.29) is 12.5 Å². The molecule has 0 aliphatic rings. The SMILES string of the molecule is C#CCNC(=O)c1ccccc1Oc1cccc(Br)c1. The van der Waals surface area contributed by atoms with Gasteiger partial charge in [-0.15, -0.1) is 6.42 Å². The number of hydrogen-bond acceptors (Lipinski definition) is 2. The number of carbonyl (C=O) groups is 1. The van der Waals surface area contributed by atoms with Gasteiger partial charge in [0.15, 0.2) is 0 Å². The van der Waals surface area contributed by atoms with E-state index in [9.17, 15) is 4.79 Å². The highest BCUT2D eigenvalue weighted by atomic mass is 79.9. The summed E-state index contributed by atoms with van der Waals surface area (Å²) in [6.07, 6.45) is 5.13. The van der Waals surface area contributed by atoms with E-state index in [0.29, 0.717) is 17.1 Å². The van der Waals surface area contributed by atoms with Crippen LogP contribution in [-0.2, 0) is 0 Å². The van der Waals surface area contributed by atoms with Gasteiger partial charge in [-0.3, -0.25) is 4.79 Å². The normalized spacial score (nSPS) is 9.60. The van der Waals surface area contributed by atoms with Gasteiger partial charge in [0.2, 0.25) is 0 Å². The molecule has 0 aliphatic carbocycles. The third kappa shape index (κ3) is 3.62. The van der Waals surface area contributed by atoms with Crippen LogP contribution in [0.4, 0.5) is 0 Å². The molecule has 2 aromatic carbocycles. The number of para-hydroxylation sites is 1. The van der Waals surface area contributed by atoms with Gasteiger partial charge in [0.1, 0.15) is 11.5 Å². The van der Waals surface area contributed by atoms with Crippen molar-refractivity contribution in [2.75, 3.05) is 6.54 Å². The number of halogens is 1. The summed E-state index contributed by atoms with van der Waals surface area (Å²) in [5.41, 5.74) is 0.447. The maximum atomic E-state index is 12.0. The zero-order valence-corrected chi connectivity index (χ0v) is 12.2. The van der Waals surface area contributed by atoms with Crippen molar-refractivity contribution in [3.8, 4) is 23.8 Å². The Kier molecular flexibility index (Phi) is 4.80. The fourth-order valence-corrected chi connectivity index (χ4v) is 2.01. The molecular formula is C16H12BrNO2. The van der Waals surface area contributed by atoms with Gasteiger partial charge in [-0.25, -0.2) is 0 Å². The Morgan fingerprint density at radius 2 is 2.05 bits per heavy atom. The van der Waals surface area contributed by atoms with Crippen molar-refractivity contribution >= 4 is 21.8 Å². The number of hydrogen-bond donors (Lipinski definition) is 1. The monoisotopic (exact) mass is 329 g/mol. The molecule has 0 fully saturated rings. The first-order valence-electron chi connectivity index (χ1n) is 5.95. The molecule has 0 saturated heterocycles. The van der Waals surface area contributed by atoms with Crippen molar-refractivity contribution in [1.29, 1.82) is 0 Å². The van der Waals surface area contributed by atoms with Crippen LogP contribution in [0.15, 0.2) is 53.0 Å². The second kappa shape index (κ2) is 6.78. The molecule has 20 heavy (non-hydrogen) atoms. The minimum atomic E-state index is -0.256. The molecule has 0 radical (unpaired) electrons. The van der Waals surface area contributed by atoms with Crippen molar-refractivity contribution in [3.05, 3.63) is 58.6 Å². The number of ether oxygens (including phenoxy) is 1. The smallest absolute Gasteiger partial charge is 0.255 e. The van der Waals surface area contributed by atoms with Gasteiger partial charge in [0.25, 0.3) is 5.91 Å². The minimum Gasteiger partial charge on any atom is -0.456 e. The van der Waals surface area contributed by atoms with Gasteiger partial charge in [0, 0.05) is 4.47 Å². The number of rotatable bonds is 4. The molecule has 2 aromatic rings. The first kappa shape index (κ1) is 14.2. The maximum Gasteiger partial charge on any atom is 0.255 e. The standard InChI is InChI=1S/C16H12BrNO2/c1-2-10-18-16(19)14-8-3-4-9-15(14)20-13-7-5-6-12(17)11-13/h1,3-9,11H,10H2,(H,18,19). The van der Waals surface area contributed by atoms with Crippen LogP contribution in [0.5, 0.6) is 11.5 Å². The Bertz CT molecular complexity index is 662. The fourth-order valence-electron chi connectivity index (χ4n) is 1.63. The molecule has 0 heterocycles. The van der Waals surface area contributed by atoms with Crippen LogP contribution < -0.4 is 10.1 Å². The first-order valence-corrected chi connectivity index (χ1v) is 6.74. The lowest BCUT2D eigenvalue weighted by molar-refractivity contribution is 0.0956. The van der Waals surface area contributed by atoms with Crippen LogP contribution in [0.25, 0.3) is 0 Å². The number of benzene rings is 2. The molecule has 0 saturated carbocycles. The molecule has 0 aliphatic heterocycles. The maximum absolute atomic E-state index is 12.0. The molecule has 0 bridgehead atoms. The van der Waals surface area contributed by atoms with Gasteiger partial charge in [-0.2, -0.15) is 0 Å². The Morgan fingerprint density at radius 1 is 1.25 bits per heavy atom. The van der Waals surface area contributed by atoms with Crippen LogP contribution in [-0.4, -0.2) is 12.5 Å². The van der Waals surface area contributed by atoms with Gasteiger partial charge >= 0.3 is 0 Å². The van der Waals surface area contributed by atoms with E-state index in [2.05, 4.69) is 27.2 Å². The zero-order valence-electron chi connectivity index (χ0n) is 10.6. The third-order valence-corrected chi connectivity index (χ3v) is 3.00. The molecule has 3 nitrogen and oxygen atoms in total. The summed E-state index contributed by atoms with van der Waals surface area (Å²) in [5, 5.41) is 2.62. The highest BCUT2D eigenvalue weighted by Gasteiger charge is 2.11. The van der Waals surface area contributed by atoms with Crippen LogP contribution in [0.3, 0.4) is 0 Å². The van der Waals surface area contributed by atoms with E-state index in [0.717, 1.165) is 4.47 Å². The van der Waals surface area contributed by atoms with Crippen molar-refractivity contribution in [2.24, 2.45) is 0 Å². The summed E-state index contributed by atoms with van der Waals surface area (Å²) in [6.45, 7) is 0.185. The zero-order chi connectivity index (χ0) is 14.4. The van der Waals surface area contributed by atoms with Gasteiger partial charge in [-0.1, -0.05) is 40.0 Å². The average molecular weight is 330 g/mol. The van der Waals surface area contributed by atoms with E-state index in [1.165, 1.54) is 0 Å². The van der Waals surface area contributed by atoms with E-state index in [1.54, 1.807) is 18.2 Å². The summed E-state index contributed by atoms with van der Waals surface area (Å²) >= 11 is 3.38. The van der Waals surface area contributed by atoms with E-state index in [1.807, 2.05) is 30.3 Å². The number of nitrogens with one attached hydrogen (secondary N) is 1. The molecule has 4 heteroatoms. The summed E-state index contributed by atoms with van der Waals surface area (Å²) in [5.74, 6) is 3.25. The molecular weight excluding hydrogens is 318 g/mol. The average Bonchev–Trinajstić information content (AvgIpc) is 2.45. The predicted octanol–water partition coefficient (Wildman–Crippen LogP) is 3.60. The van der Waals surface area contributed by atoms with Crippen molar-refractivity contribution in [3.63, 3.8) is 0 Å². The van der Waals surface area contributed by atoms with Crippen molar-refractivity contribution < 1.29 is 9.53 Å². The molecule has 0 spiro atoms. The predicted molar refractivity (Wildman–Crippen MR) is 81.8 cm³/mol. The summed E-state index contributed by atoms with van der Waals surface area (Å²) in [7, 11) is 0. The summed E-state index contributed by atoms with van der Waals surface area (Å²) < 4.78 is 6.66. The van der Waals surface area contributed by atoms with Crippen molar-refractivity contribution in [2.45, 2.75) is 0 Å². The van der Waals surface area contributed by atoms with E-state index < -0.39 is 0 Å². The molecule has 100 valence electrons. The lowest BCUT2D eigenvalue weighted by Crippen LogP contribution is -2.23. The Morgan fingerprint density at radius 3 is 2.80 bits per heavy atom. The molecule has 0 atom stereocenters. The lowest BCUT2D eigenvalue weighted by Gasteiger charge is -2.10. The second-order valence-corrected chi connectivity index (χ2v) is 4.86. The van der Waals surface area contributed by atoms with E-state index >= 15 is 0 Å². The Labute approximate surface area is 126 Å². The number of amides is 1. The highest BCUT2D eigenvalue weighted by molar-refractivity contribution is 9.10. The third-order valence-electron chi connectivity index (χ3n) is 2.51. The second-order valence-electron chi connectivity index (χ2n) is 3.94. The van der Waals surface area contributed by atoms with Crippen LogP contribution in [0.1, 0.15) is 10.4 Å². The van der Waals surface area contributed by atoms with Crippen LogP contribution in [0, 0.1) is 12.3 Å². The molecule has 2 rings (SSSR count). The topological polar surface area (TPSA) is 38.3 Å². The van der Waals surface area contributed by atoms with Crippen LogP contribution >= 0.6 is 15.9 Å². The number of terminal acetylenes is 1. The molecule has 0 aromatic heterocycles. The molecule has 0 unspecified atom stereocenters. The Balaban J connectivity index is 2.24. The van der Waals surface area contributed by atoms with Gasteiger partial charge in [0.05, 0.1) is 12.1 Å². The quantitative estimate of drug-likeness (QED) is 0.870. The largest absolute Gasteiger partial charge is 0.456 e. The number of carbonyl (C=O) groups excluding carboxylic acids is 1. The first-order chi connectivity index (χ1) is 9.70. The Hall–Kier alpha value is -2.25. The fraction of sp³-hybridized carbons (Fsp3) is 0.0625. The molecule has 1 N–H and O–H groups in total. The van der Waals surface area contributed by atoms with Crippen LogP contribution in [0.2, 0.25) is 0 Å². The van der Waals surface area contributed by atoms with Gasteiger partial charge < -0.3 is 10.1 Å². The summed E-state index contributed by atoms with van der Waals surface area (Å²) in [4.78, 5) is 12.0.